The fourth-order valence-corrected chi connectivity index (χ4v) is 3.86. The summed E-state index contributed by atoms with van der Waals surface area (Å²) in [6, 6.07) is 0. The van der Waals surface area contributed by atoms with E-state index in [1.807, 2.05) is 0 Å². The monoisotopic (exact) mass is 253 g/mol. The summed E-state index contributed by atoms with van der Waals surface area (Å²) in [6.07, 6.45) is 13.9. The van der Waals surface area contributed by atoms with Gasteiger partial charge in [0.15, 0.2) is 0 Å². The molecule has 0 spiro atoms. The first-order valence-electron chi connectivity index (χ1n) is 8.21. The van der Waals surface area contributed by atoms with E-state index in [1.165, 1.54) is 70.8 Å². The second-order valence-corrected chi connectivity index (χ2v) is 6.48. The summed E-state index contributed by atoms with van der Waals surface area (Å²) in [5.41, 5.74) is 0. The predicted molar refractivity (Wildman–Crippen MR) is 76.6 cm³/mol. The molecule has 0 aliphatic heterocycles. The fraction of sp³-hybridized carbons (Fsp3) is 1.00. The Bertz CT molecular complexity index is 213. The van der Waals surface area contributed by atoms with Crippen molar-refractivity contribution in [2.24, 2.45) is 17.8 Å². The number of aliphatic hydroxyl groups excluding tert-OH is 1. The van der Waals surface area contributed by atoms with Crippen LogP contribution in [-0.4, -0.2) is 24.8 Å². The van der Waals surface area contributed by atoms with Crippen molar-refractivity contribution in [3.63, 3.8) is 0 Å². The zero-order valence-corrected chi connectivity index (χ0v) is 11.9. The molecule has 0 amide bonds. The van der Waals surface area contributed by atoms with Gasteiger partial charge in [-0.2, -0.15) is 0 Å². The lowest BCUT2D eigenvalue weighted by atomic mass is 9.79. The molecule has 0 saturated heterocycles. The Morgan fingerprint density at radius 3 is 2.22 bits per heavy atom. The third-order valence-corrected chi connectivity index (χ3v) is 5.16. The Labute approximate surface area is 113 Å². The first-order valence-corrected chi connectivity index (χ1v) is 8.21. The van der Waals surface area contributed by atoms with E-state index in [4.69, 9.17) is 0 Å². The highest BCUT2D eigenvalue weighted by Gasteiger charge is 2.23. The third kappa shape index (κ3) is 4.55. The van der Waals surface area contributed by atoms with Gasteiger partial charge >= 0.3 is 0 Å². The summed E-state index contributed by atoms with van der Waals surface area (Å²) < 4.78 is 0. The largest absolute Gasteiger partial charge is 0.396 e. The van der Waals surface area contributed by atoms with E-state index < -0.39 is 0 Å². The number of aliphatic hydroxyl groups is 1. The van der Waals surface area contributed by atoms with Crippen LogP contribution in [0.15, 0.2) is 0 Å². The molecule has 0 bridgehead atoms. The van der Waals surface area contributed by atoms with Crippen molar-refractivity contribution < 1.29 is 5.11 Å². The van der Waals surface area contributed by atoms with Crippen LogP contribution < -0.4 is 5.32 Å². The molecule has 2 nitrogen and oxygen atoms in total. The summed E-state index contributed by atoms with van der Waals surface area (Å²) in [5.74, 6) is 2.29. The number of hydrogen-bond donors (Lipinski definition) is 2. The molecule has 2 atom stereocenters. The van der Waals surface area contributed by atoms with Crippen molar-refractivity contribution >= 4 is 0 Å². The van der Waals surface area contributed by atoms with Crippen LogP contribution >= 0.6 is 0 Å². The molecule has 0 radical (unpaired) electrons. The molecule has 18 heavy (non-hydrogen) atoms. The summed E-state index contributed by atoms with van der Waals surface area (Å²) in [5, 5.41) is 13.0. The lowest BCUT2D eigenvalue weighted by Crippen LogP contribution is -2.33. The quantitative estimate of drug-likeness (QED) is 0.712. The maximum atomic E-state index is 9.39. The van der Waals surface area contributed by atoms with Gasteiger partial charge in [-0.3, -0.25) is 0 Å². The van der Waals surface area contributed by atoms with Crippen molar-refractivity contribution in [3.05, 3.63) is 0 Å². The van der Waals surface area contributed by atoms with Crippen molar-refractivity contribution in [2.75, 3.05) is 19.7 Å². The van der Waals surface area contributed by atoms with E-state index in [0.717, 1.165) is 18.4 Å². The standard InChI is InChI=1S/C16H31NO/c18-13-16-9-5-4-8-15(16)12-17-11-10-14-6-2-1-3-7-14/h14-18H,1-13H2. The molecule has 2 heteroatoms. The van der Waals surface area contributed by atoms with Crippen LogP contribution in [0.1, 0.15) is 64.2 Å². The highest BCUT2D eigenvalue weighted by Crippen LogP contribution is 2.29. The SMILES string of the molecule is OCC1CCCCC1CNCCC1CCCCC1. The van der Waals surface area contributed by atoms with Crippen LogP contribution in [0.2, 0.25) is 0 Å². The van der Waals surface area contributed by atoms with Gasteiger partial charge in [-0.05, 0) is 50.1 Å². The highest BCUT2D eigenvalue weighted by atomic mass is 16.3. The van der Waals surface area contributed by atoms with Crippen molar-refractivity contribution in [3.8, 4) is 0 Å². The smallest absolute Gasteiger partial charge is 0.0462 e. The Hall–Kier alpha value is -0.0800. The van der Waals surface area contributed by atoms with E-state index in [9.17, 15) is 5.11 Å². The first-order chi connectivity index (χ1) is 8.90. The van der Waals surface area contributed by atoms with Gasteiger partial charge in [0.05, 0.1) is 0 Å². The predicted octanol–water partition coefficient (Wildman–Crippen LogP) is 3.35. The molecular formula is C16H31NO. The summed E-state index contributed by atoms with van der Waals surface area (Å²) in [4.78, 5) is 0. The molecule has 0 aromatic rings. The molecule has 2 fully saturated rings. The molecule has 0 aromatic carbocycles. The first kappa shape index (κ1) is 14.3. The van der Waals surface area contributed by atoms with Crippen LogP contribution in [0.3, 0.4) is 0 Å². The number of nitrogens with one attached hydrogen (secondary N) is 1. The second kappa shape index (κ2) is 8.16. The van der Waals surface area contributed by atoms with Crippen molar-refractivity contribution in [2.45, 2.75) is 64.2 Å². The zero-order chi connectivity index (χ0) is 12.6. The minimum Gasteiger partial charge on any atom is -0.396 e. The van der Waals surface area contributed by atoms with Gasteiger partial charge in [0.1, 0.15) is 0 Å². The van der Waals surface area contributed by atoms with Gasteiger partial charge in [0.25, 0.3) is 0 Å². The lowest BCUT2D eigenvalue weighted by Gasteiger charge is -2.30. The van der Waals surface area contributed by atoms with Gasteiger partial charge in [-0.15, -0.1) is 0 Å². The van der Waals surface area contributed by atoms with Gasteiger partial charge in [0.2, 0.25) is 0 Å². The van der Waals surface area contributed by atoms with E-state index in [2.05, 4.69) is 5.32 Å². The topological polar surface area (TPSA) is 32.3 Å². The Balaban J connectivity index is 1.56. The molecule has 2 N–H and O–H groups in total. The molecule has 0 aromatic heterocycles. The van der Waals surface area contributed by atoms with Crippen LogP contribution in [-0.2, 0) is 0 Å². The van der Waals surface area contributed by atoms with E-state index in [1.54, 1.807) is 0 Å². The van der Waals surface area contributed by atoms with Crippen LogP contribution in [0.25, 0.3) is 0 Å². The molecule has 0 heterocycles. The highest BCUT2D eigenvalue weighted by molar-refractivity contribution is 4.77. The molecule has 2 aliphatic rings. The third-order valence-electron chi connectivity index (χ3n) is 5.16. The molecule has 106 valence electrons. The van der Waals surface area contributed by atoms with Gasteiger partial charge in [-0.1, -0.05) is 44.9 Å². The number of hydrogen-bond acceptors (Lipinski definition) is 2. The Morgan fingerprint density at radius 1 is 0.833 bits per heavy atom. The Kier molecular flexibility index (Phi) is 6.50. The summed E-state index contributed by atoms with van der Waals surface area (Å²) >= 11 is 0. The maximum Gasteiger partial charge on any atom is 0.0462 e. The molecule has 2 aliphatic carbocycles. The second-order valence-electron chi connectivity index (χ2n) is 6.48. The van der Waals surface area contributed by atoms with Crippen LogP contribution in [0.5, 0.6) is 0 Å². The van der Waals surface area contributed by atoms with E-state index in [0.29, 0.717) is 12.5 Å². The molecule has 2 unspecified atom stereocenters. The van der Waals surface area contributed by atoms with E-state index >= 15 is 0 Å². The van der Waals surface area contributed by atoms with E-state index in [-0.39, 0.29) is 0 Å². The summed E-state index contributed by atoms with van der Waals surface area (Å²) in [6.45, 7) is 2.73. The molecule has 2 rings (SSSR count). The van der Waals surface area contributed by atoms with Crippen LogP contribution in [0.4, 0.5) is 0 Å². The van der Waals surface area contributed by atoms with Gasteiger partial charge in [0, 0.05) is 6.61 Å². The average molecular weight is 253 g/mol. The minimum absolute atomic E-state index is 0.398. The lowest BCUT2D eigenvalue weighted by molar-refractivity contribution is 0.133. The summed E-state index contributed by atoms with van der Waals surface area (Å²) in [7, 11) is 0. The number of rotatable bonds is 6. The maximum absolute atomic E-state index is 9.39. The van der Waals surface area contributed by atoms with Crippen molar-refractivity contribution in [1.82, 2.24) is 5.32 Å². The molecular weight excluding hydrogens is 222 g/mol. The minimum atomic E-state index is 0.398. The van der Waals surface area contributed by atoms with Crippen molar-refractivity contribution in [1.29, 1.82) is 0 Å². The fourth-order valence-electron chi connectivity index (χ4n) is 3.86. The van der Waals surface area contributed by atoms with Crippen LogP contribution in [0, 0.1) is 17.8 Å². The molecule has 2 saturated carbocycles. The normalized spacial score (nSPS) is 30.5. The average Bonchev–Trinajstić information content (AvgIpc) is 2.45. The Morgan fingerprint density at radius 2 is 1.50 bits per heavy atom. The van der Waals surface area contributed by atoms with Gasteiger partial charge in [-0.25, -0.2) is 0 Å². The van der Waals surface area contributed by atoms with Gasteiger partial charge < -0.3 is 10.4 Å². The zero-order valence-electron chi connectivity index (χ0n) is 11.9.